The van der Waals surface area contributed by atoms with Gasteiger partial charge in [0.1, 0.15) is 5.82 Å². The molecule has 1 N–H and O–H groups in total. The average molecular weight is 284 g/mol. The standard InChI is InChI=1S/C15H25FN2O2/c1-5-7-17-10-12-9-13(16)11-18-14(12)20-8-6-15(2,3)19-4/h9,11,17H,5-8,10H2,1-4H3. The quantitative estimate of drug-likeness (QED) is 0.708. The Hall–Kier alpha value is -1.20. The Bertz CT molecular complexity index is 411. The summed E-state index contributed by atoms with van der Waals surface area (Å²) in [6.45, 7) is 8.01. The van der Waals surface area contributed by atoms with Gasteiger partial charge in [0.05, 0.1) is 18.4 Å². The number of nitrogens with one attached hydrogen (secondary N) is 1. The maximum absolute atomic E-state index is 13.3. The minimum atomic E-state index is -0.345. The lowest BCUT2D eigenvalue weighted by molar-refractivity contribution is 0.00497. The summed E-state index contributed by atoms with van der Waals surface area (Å²) in [6, 6.07) is 1.46. The van der Waals surface area contributed by atoms with Gasteiger partial charge in [-0.15, -0.1) is 0 Å². The first kappa shape index (κ1) is 16.9. The van der Waals surface area contributed by atoms with E-state index in [2.05, 4.69) is 17.2 Å². The number of halogens is 1. The number of hydrogen-bond donors (Lipinski definition) is 1. The van der Waals surface area contributed by atoms with Gasteiger partial charge < -0.3 is 14.8 Å². The average Bonchev–Trinajstić information content (AvgIpc) is 2.41. The molecule has 0 amide bonds. The van der Waals surface area contributed by atoms with Gasteiger partial charge in [-0.2, -0.15) is 0 Å². The first-order chi connectivity index (χ1) is 9.48. The van der Waals surface area contributed by atoms with E-state index in [1.54, 1.807) is 7.11 Å². The van der Waals surface area contributed by atoms with Crippen LogP contribution in [0.25, 0.3) is 0 Å². The Morgan fingerprint density at radius 3 is 2.80 bits per heavy atom. The van der Waals surface area contributed by atoms with Gasteiger partial charge in [-0.1, -0.05) is 6.92 Å². The van der Waals surface area contributed by atoms with Crippen molar-refractivity contribution in [3.63, 3.8) is 0 Å². The molecule has 5 heteroatoms. The molecule has 0 aliphatic rings. The largest absolute Gasteiger partial charge is 0.477 e. The molecule has 0 aliphatic carbocycles. The van der Waals surface area contributed by atoms with Crippen molar-refractivity contribution < 1.29 is 13.9 Å². The molecule has 0 saturated heterocycles. The maximum atomic E-state index is 13.3. The molecule has 0 aliphatic heterocycles. The normalized spacial score (nSPS) is 11.7. The van der Waals surface area contributed by atoms with E-state index in [9.17, 15) is 4.39 Å². The van der Waals surface area contributed by atoms with Crippen LogP contribution in [0.5, 0.6) is 5.88 Å². The number of ether oxygens (including phenoxy) is 2. The van der Waals surface area contributed by atoms with Gasteiger partial charge in [-0.05, 0) is 32.9 Å². The van der Waals surface area contributed by atoms with Crippen molar-refractivity contribution in [3.8, 4) is 5.88 Å². The molecular formula is C15H25FN2O2. The van der Waals surface area contributed by atoms with Crippen LogP contribution in [0.4, 0.5) is 4.39 Å². The van der Waals surface area contributed by atoms with Crippen molar-refractivity contribution in [1.29, 1.82) is 0 Å². The first-order valence-electron chi connectivity index (χ1n) is 7.01. The highest BCUT2D eigenvalue weighted by molar-refractivity contribution is 5.26. The minimum absolute atomic E-state index is 0.235. The summed E-state index contributed by atoms with van der Waals surface area (Å²) in [6.07, 6.45) is 2.95. The van der Waals surface area contributed by atoms with Crippen molar-refractivity contribution in [3.05, 3.63) is 23.6 Å². The van der Waals surface area contributed by atoms with E-state index in [-0.39, 0.29) is 11.4 Å². The van der Waals surface area contributed by atoms with Gasteiger partial charge in [0.2, 0.25) is 5.88 Å². The molecule has 1 heterocycles. The SMILES string of the molecule is CCCNCc1cc(F)cnc1OCCC(C)(C)OC. The molecular weight excluding hydrogens is 259 g/mol. The monoisotopic (exact) mass is 284 g/mol. The van der Waals surface area contributed by atoms with Crippen LogP contribution >= 0.6 is 0 Å². The first-order valence-corrected chi connectivity index (χ1v) is 7.01. The molecule has 4 nitrogen and oxygen atoms in total. The Labute approximate surface area is 120 Å². The van der Waals surface area contributed by atoms with Crippen LogP contribution < -0.4 is 10.1 Å². The topological polar surface area (TPSA) is 43.4 Å². The lowest BCUT2D eigenvalue weighted by atomic mass is 10.1. The molecule has 0 atom stereocenters. The van der Waals surface area contributed by atoms with E-state index in [0.717, 1.165) is 24.9 Å². The van der Waals surface area contributed by atoms with E-state index in [1.165, 1.54) is 12.3 Å². The number of aromatic nitrogens is 1. The molecule has 0 fully saturated rings. The fourth-order valence-electron chi connectivity index (χ4n) is 1.62. The molecule has 1 rings (SSSR count). The Morgan fingerprint density at radius 2 is 2.15 bits per heavy atom. The Kier molecular flexibility index (Phi) is 6.88. The van der Waals surface area contributed by atoms with E-state index < -0.39 is 0 Å². The second-order valence-corrected chi connectivity index (χ2v) is 5.36. The van der Waals surface area contributed by atoms with Crippen molar-refractivity contribution >= 4 is 0 Å². The molecule has 114 valence electrons. The summed E-state index contributed by atoms with van der Waals surface area (Å²) in [5.41, 5.74) is 0.509. The van der Waals surface area contributed by atoms with Crippen LogP contribution in [0.15, 0.2) is 12.3 Å². The molecule has 1 aromatic rings. The van der Waals surface area contributed by atoms with Crippen molar-refractivity contribution in [2.24, 2.45) is 0 Å². The highest BCUT2D eigenvalue weighted by Gasteiger charge is 2.17. The molecule has 20 heavy (non-hydrogen) atoms. The highest BCUT2D eigenvalue weighted by Crippen LogP contribution is 2.18. The summed E-state index contributed by atoms with van der Waals surface area (Å²) in [5.74, 6) is 0.143. The van der Waals surface area contributed by atoms with Crippen LogP contribution in [0.1, 0.15) is 39.2 Å². The third-order valence-corrected chi connectivity index (χ3v) is 3.13. The summed E-state index contributed by atoms with van der Waals surface area (Å²) in [4.78, 5) is 4.02. The summed E-state index contributed by atoms with van der Waals surface area (Å²) < 4.78 is 24.3. The van der Waals surface area contributed by atoms with Gasteiger partial charge in [0.25, 0.3) is 0 Å². The van der Waals surface area contributed by atoms with E-state index in [1.807, 2.05) is 13.8 Å². The third-order valence-electron chi connectivity index (χ3n) is 3.13. The number of nitrogens with zero attached hydrogens (tertiary/aromatic N) is 1. The predicted molar refractivity (Wildman–Crippen MR) is 77.4 cm³/mol. The fraction of sp³-hybridized carbons (Fsp3) is 0.667. The van der Waals surface area contributed by atoms with Gasteiger partial charge in [-0.25, -0.2) is 9.37 Å². The lowest BCUT2D eigenvalue weighted by Gasteiger charge is -2.22. The zero-order valence-electron chi connectivity index (χ0n) is 12.8. The van der Waals surface area contributed by atoms with Gasteiger partial charge in [-0.3, -0.25) is 0 Å². The highest BCUT2D eigenvalue weighted by atomic mass is 19.1. The molecule has 0 bridgehead atoms. The minimum Gasteiger partial charge on any atom is -0.477 e. The molecule has 0 aromatic carbocycles. The maximum Gasteiger partial charge on any atom is 0.218 e. The van der Waals surface area contributed by atoms with Gasteiger partial charge >= 0.3 is 0 Å². The van der Waals surface area contributed by atoms with Crippen LogP contribution in [0.2, 0.25) is 0 Å². The van der Waals surface area contributed by atoms with E-state index >= 15 is 0 Å². The molecule has 0 spiro atoms. The van der Waals surface area contributed by atoms with E-state index in [4.69, 9.17) is 9.47 Å². The molecule has 0 saturated carbocycles. The molecule has 0 radical (unpaired) electrons. The summed E-state index contributed by atoms with van der Waals surface area (Å²) in [7, 11) is 1.68. The molecule has 1 aromatic heterocycles. The van der Waals surface area contributed by atoms with Crippen molar-refractivity contribution in [2.75, 3.05) is 20.3 Å². The van der Waals surface area contributed by atoms with Crippen LogP contribution in [-0.2, 0) is 11.3 Å². The Morgan fingerprint density at radius 1 is 1.40 bits per heavy atom. The smallest absolute Gasteiger partial charge is 0.218 e. The van der Waals surface area contributed by atoms with Crippen molar-refractivity contribution in [1.82, 2.24) is 10.3 Å². The fourth-order valence-corrected chi connectivity index (χ4v) is 1.62. The second-order valence-electron chi connectivity index (χ2n) is 5.36. The zero-order chi connectivity index (χ0) is 15.0. The molecule has 0 unspecified atom stereocenters. The summed E-state index contributed by atoms with van der Waals surface area (Å²) in [5, 5.41) is 3.23. The van der Waals surface area contributed by atoms with Crippen molar-refractivity contribution in [2.45, 2.75) is 45.8 Å². The van der Waals surface area contributed by atoms with Gasteiger partial charge in [0.15, 0.2) is 0 Å². The second kappa shape index (κ2) is 8.17. The predicted octanol–water partition coefficient (Wildman–Crippen LogP) is 2.91. The van der Waals surface area contributed by atoms with E-state index in [0.29, 0.717) is 19.0 Å². The van der Waals surface area contributed by atoms with Crippen LogP contribution in [0, 0.1) is 5.82 Å². The third kappa shape index (κ3) is 5.84. The number of rotatable bonds is 9. The zero-order valence-corrected chi connectivity index (χ0v) is 12.8. The Balaban J connectivity index is 2.59. The van der Waals surface area contributed by atoms with Crippen LogP contribution in [0.3, 0.4) is 0 Å². The van der Waals surface area contributed by atoms with Crippen LogP contribution in [-0.4, -0.2) is 30.8 Å². The number of methoxy groups -OCH3 is 1. The summed E-state index contributed by atoms with van der Waals surface area (Å²) >= 11 is 0. The van der Waals surface area contributed by atoms with Gasteiger partial charge in [0, 0.05) is 25.6 Å². The number of pyridine rings is 1. The lowest BCUT2D eigenvalue weighted by Crippen LogP contribution is -2.25. The number of hydrogen-bond acceptors (Lipinski definition) is 4.